The molecule has 0 saturated carbocycles. The number of benzene rings is 1. The molecule has 0 aliphatic heterocycles. The zero-order valence-electron chi connectivity index (χ0n) is 8.17. The van der Waals surface area contributed by atoms with E-state index in [4.69, 9.17) is 0 Å². The minimum absolute atomic E-state index is 0.288. The highest BCUT2D eigenvalue weighted by Crippen LogP contribution is 2.24. The van der Waals surface area contributed by atoms with Gasteiger partial charge in [-0.1, -0.05) is 11.8 Å². The number of nitrogens with one attached hydrogen (secondary N) is 1. The van der Waals surface area contributed by atoms with E-state index in [2.05, 4.69) is 10.1 Å². The maximum Gasteiger partial charge on any atom is 0.573 e. The van der Waals surface area contributed by atoms with Crippen molar-refractivity contribution in [1.82, 2.24) is 0 Å². The highest BCUT2D eigenvalue weighted by atomic mass is 32.2. The molecule has 3 nitrogen and oxygen atoms in total. The van der Waals surface area contributed by atoms with Crippen molar-refractivity contribution < 1.29 is 22.7 Å². The summed E-state index contributed by atoms with van der Waals surface area (Å²) in [6.07, 6.45) is -3.11. The molecule has 1 amide bonds. The van der Waals surface area contributed by atoms with Crippen LogP contribution in [0.5, 0.6) is 5.75 Å². The maximum absolute atomic E-state index is 11.8. The molecule has 0 aliphatic carbocycles. The molecule has 0 bridgehead atoms. The number of alkyl halides is 3. The van der Waals surface area contributed by atoms with Crippen LogP contribution in [0.15, 0.2) is 24.3 Å². The zero-order valence-corrected chi connectivity index (χ0v) is 8.98. The standard InChI is InChI=1S/C9H8F3NO2S/c1-16-8(14)13-6-2-4-7(5-3-6)15-9(10,11)12/h2-5H,1H3,(H,13,14). The zero-order chi connectivity index (χ0) is 12.2. The van der Waals surface area contributed by atoms with Crippen LogP contribution in [0, 0.1) is 0 Å². The van der Waals surface area contributed by atoms with E-state index >= 15 is 0 Å². The lowest BCUT2D eigenvalue weighted by atomic mass is 10.3. The van der Waals surface area contributed by atoms with Gasteiger partial charge in [-0.05, 0) is 30.5 Å². The van der Waals surface area contributed by atoms with Crippen LogP contribution in [0.3, 0.4) is 0 Å². The van der Waals surface area contributed by atoms with Crippen molar-refractivity contribution >= 4 is 22.7 Å². The van der Waals surface area contributed by atoms with Gasteiger partial charge in [0.25, 0.3) is 5.24 Å². The van der Waals surface area contributed by atoms with Gasteiger partial charge >= 0.3 is 6.36 Å². The van der Waals surface area contributed by atoms with Gasteiger partial charge in [-0.3, -0.25) is 4.79 Å². The van der Waals surface area contributed by atoms with Gasteiger partial charge in [-0.2, -0.15) is 0 Å². The van der Waals surface area contributed by atoms with E-state index < -0.39 is 6.36 Å². The Morgan fingerprint density at radius 3 is 2.31 bits per heavy atom. The SMILES string of the molecule is CSC(=O)Nc1ccc(OC(F)(F)F)cc1. The Bertz CT molecular complexity index is 364. The summed E-state index contributed by atoms with van der Waals surface area (Å²) in [5.74, 6) is -0.324. The maximum atomic E-state index is 11.8. The molecule has 0 saturated heterocycles. The highest BCUT2D eigenvalue weighted by molar-refractivity contribution is 8.13. The molecule has 0 aliphatic rings. The first-order chi connectivity index (χ1) is 7.40. The minimum Gasteiger partial charge on any atom is -0.406 e. The van der Waals surface area contributed by atoms with E-state index in [0.29, 0.717) is 5.69 Å². The van der Waals surface area contributed by atoms with Gasteiger partial charge < -0.3 is 10.1 Å². The molecule has 0 unspecified atom stereocenters. The molecule has 0 heterocycles. The van der Waals surface area contributed by atoms with Gasteiger partial charge in [0.15, 0.2) is 0 Å². The van der Waals surface area contributed by atoms with Crippen LogP contribution >= 0.6 is 11.8 Å². The molecule has 1 aromatic carbocycles. The topological polar surface area (TPSA) is 38.3 Å². The van der Waals surface area contributed by atoms with E-state index in [1.54, 1.807) is 6.26 Å². The fourth-order valence-corrected chi connectivity index (χ4v) is 1.13. The molecule has 1 N–H and O–H groups in total. The summed E-state index contributed by atoms with van der Waals surface area (Å²) >= 11 is 0.973. The molecule has 1 aromatic rings. The second kappa shape index (κ2) is 5.11. The Morgan fingerprint density at radius 1 is 1.31 bits per heavy atom. The molecule has 7 heteroatoms. The van der Waals surface area contributed by atoms with Crippen LogP contribution in [-0.4, -0.2) is 17.9 Å². The Balaban J connectivity index is 2.64. The fraction of sp³-hybridized carbons (Fsp3) is 0.222. The van der Waals surface area contributed by atoms with Gasteiger partial charge in [0.05, 0.1) is 0 Å². The Hall–Kier alpha value is -1.37. The first-order valence-electron chi connectivity index (χ1n) is 4.11. The van der Waals surface area contributed by atoms with E-state index in [1.807, 2.05) is 0 Å². The monoisotopic (exact) mass is 251 g/mol. The summed E-state index contributed by atoms with van der Waals surface area (Å²) in [7, 11) is 0. The first kappa shape index (κ1) is 12.7. The van der Waals surface area contributed by atoms with Gasteiger partial charge in [0, 0.05) is 5.69 Å². The van der Waals surface area contributed by atoms with Gasteiger partial charge in [0.2, 0.25) is 0 Å². The van der Waals surface area contributed by atoms with Crippen molar-refractivity contribution in [3.05, 3.63) is 24.3 Å². The van der Waals surface area contributed by atoms with E-state index in [0.717, 1.165) is 23.9 Å². The van der Waals surface area contributed by atoms with Crippen LogP contribution in [0.2, 0.25) is 0 Å². The number of carbonyl (C=O) groups excluding carboxylic acids is 1. The Morgan fingerprint density at radius 2 is 1.88 bits per heavy atom. The van der Waals surface area contributed by atoms with E-state index in [1.165, 1.54) is 12.1 Å². The number of ether oxygens (including phenoxy) is 1. The van der Waals surface area contributed by atoms with Crippen LogP contribution in [0.4, 0.5) is 23.7 Å². The summed E-state index contributed by atoms with van der Waals surface area (Å²) in [5.41, 5.74) is 0.411. The van der Waals surface area contributed by atoms with E-state index in [9.17, 15) is 18.0 Å². The van der Waals surface area contributed by atoms with Crippen molar-refractivity contribution in [2.75, 3.05) is 11.6 Å². The number of halogens is 3. The Kier molecular flexibility index (Phi) is 4.05. The predicted molar refractivity (Wildman–Crippen MR) is 55.7 cm³/mol. The van der Waals surface area contributed by atoms with Crippen LogP contribution in [0.1, 0.15) is 0 Å². The predicted octanol–water partition coefficient (Wildman–Crippen LogP) is 3.48. The summed E-state index contributed by atoms with van der Waals surface area (Å²) in [6, 6.07) is 4.91. The number of rotatable bonds is 2. The number of hydrogen-bond acceptors (Lipinski definition) is 3. The number of thioether (sulfide) groups is 1. The van der Waals surface area contributed by atoms with Crippen molar-refractivity contribution in [3.8, 4) is 5.75 Å². The minimum atomic E-state index is -4.70. The molecule has 0 atom stereocenters. The van der Waals surface area contributed by atoms with Crippen molar-refractivity contribution in [2.45, 2.75) is 6.36 Å². The quantitative estimate of drug-likeness (QED) is 0.874. The van der Waals surface area contributed by atoms with Crippen molar-refractivity contribution in [2.24, 2.45) is 0 Å². The van der Waals surface area contributed by atoms with Crippen LogP contribution in [-0.2, 0) is 0 Å². The summed E-state index contributed by atoms with van der Waals surface area (Å²) in [6.45, 7) is 0. The molecular formula is C9H8F3NO2S. The second-order valence-corrected chi connectivity index (χ2v) is 3.47. The largest absolute Gasteiger partial charge is 0.573 e. The lowest BCUT2D eigenvalue weighted by Gasteiger charge is -2.09. The molecule has 1 rings (SSSR count). The molecule has 0 fully saturated rings. The molecule has 0 aromatic heterocycles. The van der Waals surface area contributed by atoms with Crippen molar-refractivity contribution in [1.29, 1.82) is 0 Å². The number of carbonyl (C=O) groups is 1. The number of anilines is 1. The Labute approximate surface area is 94.0 Å². The smallest absolute Gasteiger partial charge is 0.406 e. The average molecular weight is 251 g/mol. The lowest BCUT2D eigenvalue weighted by molar-refractivity contribution is -0.274. The first-order valence-corrected chi connectivity index (χ1v) is 5.34. The summed E-state index contributed by atoms with van der Waals surface area (Å²) in [5, 5.41) is 2.18. The van der Waals surface area contributed by atoms with E-state index in [-0.39, 0.29) is 11.0 Å². The third-order valence-electron chi connectivity index (χ3n) is 1.52. The second-order valence-electron chi connectivity index (χ2n) is 2.69. The number of hydrogen-bond donors (Lipinski definition) is 1. The fourth-order valence-electron chi connectivity index (χ4n) is 0.909. The molecule has 88 valence electrons. The molecule has 16 heavy (non-hydrogen) atoms. The van der Waals surface area contributed by atoms with Crippen molar-refractivity contribution in [3.63, 3.8) is 0 Å². The molecule has 0 radical (unpaired) electrons. The third kappa shape index (κ3) is 4.43. The van der Waals surface area contributed by atoms with Gasteiger partial charge in [-0.25, -0.2) is 0 Å². The lowest BCUT2D eigenvalue weighted by Crippen LogP contribution is -2.17. The average Bonchev–Trinajstić information content (AvgIpc) is 2.18. The summed E-state index contributed by atoms with van der Waals surface area (Å²) < 4.78 is 39.1. The third-order valence-corrected chi connectivity index (χ3v) is 1.99. The highest BCUT2D eigenvalue weighted by Gasteiger charge is 2.30. The normalized spacial score (nSPS) is 11.0. The molecule has 0 spiro atoms. The number of amides is 1. The van der Waals surface area contributed by atoms with Gasteiger partial charge in [0.1, 0.15) is 5.75 Å². The van der Waals surface area contributed by atoms with Gasteiger partial charge in [-0.15, -0.1) is 13.2 Å². The van der Waals surface area contributed by atoms with Crippen LogP contribution < -0.4 is 10.1 Å². The summed E-state index contributed by atoms with van der Waals surface area (Å²) in [4.78, 5) is 10.9. The molecular weight excluding hydrogens is 243 g/mol. The van der Waals surface area contributed by atoms with Crippen LogP contribution in [0.25, 0.3) is 0 Å².